The van der Waals surface area contributed by atoms with E-state index < -0.39 is 24.4 Å². The molecule has 2 N–H and O–H groups in total. The summed E-state index contributed by atoms with van der Waals surface area (Å²) >= 11 is 1.62. The van der Waals surface area contributed by atoms with Crippen LogP contribution in [-0.4, -0.2) is 63.8 Å². The number of aliphatic hydroxyl groups is 2. The van der Waals surface area contributed by atoms with Crippen LogP contribution < -0.4 is 0 Å². The maximum Gasteiger partial charge on any atom is 0.161 e. The Kier molecular flexibility index (Phi) is 4.59. The van der Waals surface area contributed by atoms with Crippen molar-refractivity contribution in [1.29, 1.82) is 0 Å². The standard InChI is InChI=1S/C18H19N7O3S/c1-10-22-12-3-2-11(6-16(12)29-10)25-18(19-9-21-25)14-7-13(24-5-4-20-23-24)17(27)15(8-26)28-14/h2-6,9,13-15,17,26-27H,7-8H2,1H3. The van der Waals surface area contributed by atoms with Gasteiger partial charge in [0, 0.05) is 12.6 Å². The molecule has 5 rings (SSSR count). The van der Waals surface area contributed by atoms with Crippen LogP contribution in [0.1, 0.15) is 29.4 Å². The summed E-state index contributed by atoms with van der Waals surface area (Å²) in [6.45, 7) is 1.66. The van der Waals surface area contributed by atoms with Crippen molar-refractivity contribution in [2.24, 2.45) is 0 Å². The molecule has 0 aliphatic carbocycles. The predicted molar refractivity (Wildman–Crippen MR) is 104 cm³/mol. The average Bonchev–Trinajstić information content (AvgIpc) is 3.47. The third kappa shape index (κ3) is 3.21. The van der Waals surface area contributed by atoms with Crippen molar-refractivity contribution in [2.75, 3.05) is 6.61 Å². The number of fused-ring (bicyclic) bond motifs is 1. The number of ether oxygens (including phenoxy) is 1. The summed E-state index contributed by atoms with van der Waals surface area (Å²) in [7, 11) is 0. The second kappa shape index (κ2) is 7.26. The molecule has 1 fully saturated rings. The molecule has 11 heteroatoms. The smallest absolute Gasteiger partial charge is 0.161 e. The van der Waals surface area contributed by atoms with E-state index in [2.05, 4.69) is 25.4 Å². The quantitative estimate of drug-likeness (QED) is 0.511. The fourth-order valence-corrected chi connectivity index (χ4v) is 4.62. The number of rotatable bonds is 4. The van der Waals surface area contributed by atoms with E-state index in [9.17, 15) is 10.2 Å². The lowest BCUT2D eigenvalue weighted by Crippen LogP contribution is -2.45. The van der Waals surface area contributed by atoms with E-state index >= 15 is 0 Å². The van der Waals surface area contributed by atoms with Crippen LogP contribution in [0.15, 0.2) is 36.9 Å². The molecule has 1 aliphatic rings. The fourth-order valence-electron chi connectivity index (χ4n) is 3.76. The largest absolute Gasteiger partial charge is 0.394 e. The third-order valence-corrected chi connectivity index (χ3v) is 6.05. The van der Waals surface area contributed by atoms with Crippen LogP contribution in [0.3, 0.4) is 0 Å². The van der Waals surface area contributed by atoms with Gasteiger partial charge in [0.15, 0.2) is 5.82 Å². The van der Waals surface area contributed by atoms with Gasteiger partial charge in [-0.1, -0.05) is 5.21 Å². The minimum atomic E-state index is -0.911. The Morgan fingerprint density at radius 2 is 2.24 bits per heavy atom. The summed E-state index contributed by atoms with van der Waals surface area (Å²) < 4.78 is 10.4. The van der Waals surface area contributed by atoms with Gasteiger partial charge in [0.2, 0.25) is 0 Å². The Morgan fingerprint density at radius 3 is 3.03 bits per heavy atom. The molecule has 0 spiro atoms. The summed E-state index contributed by atoms with van der Waals surface area (Å²) in [5.74, 6) is 0.598. The highest BCUT2D eigenvalue weighted by molar-refractivity contribution is 7.18. The van der Waals surface area contributed by atoms with Gasteiger partial charge in [0.1, 0.15) is 24.6 Å². The van der Waals surface area contributed by atoms with E-state index in [-0.39, 0.29) is 6.61 Å². The molecule has 1 aliphatic heterocycles. The second-order valence-electron chi connectivity index (χ2n) is 6.94. The number of aliphatic hydroxyl groups excluding tert-OH is 2. The first-order chi connectivity index (χ1) is 14.1. The molecule has 0 bridgehead atoms. The third-order valence-electron chi connectivity index (χ3n) is 5.12. The van der Waals surface area contributed by atoms with Crippen molar-refractivity contribution < 1.29 is 14.9 Å². The minimum absolute atomic E-state index is 0.316. The van der Waals surface area contributed by atoms with Gasteiger partial charge in [-0.05, 0) is 25.1 Å². The van der Waals surface area contributed by atoms with Crippen LogP contribution in [0.4, 0.5) is 0 Å². The Bertz CT molecular complexity index is 1130. The van der Waals surface area contributed by atoms with E-state index in [0.717, 1.165) is 20.9 Å². The highest BCUT2D eigenvalue weighted by atomic mass is 32.1. The van der Waals surface area contributed by atoms with Crippen molar-refractivity contribution in [3.8, 4) is 5.69 Å². The van der Waals surface area contributed by atoms with Crippen LogP contribution in [-0.2, 0) is 4.74 Å². The number of thiazole rings is 1. The molecule has 1 saturated heterocycles. The van der Waals surface area contributed by atoms with Gasteiger partial charge in [-0.3, -0.25) is 0 Å². The predicted octanol–water partition coefficient (Wildman–Crippen LogP) is 1.20. The molecule has 10 nitrogen and oxygen atoms in total. The molecule has 4 heterocycles. The second-order valence-corrected chi connectivity index (χ2v) is 8.17. The molecule has 0 amide bonds. The van der Waals surface area contributed by atoms with E-state index in [0.29, 0.717) is 12.2 Å². The van der Waals surface area contributed by atoms with E-state index in [4.69, 9.17) is 4.74 Å². The number of hydrogen-bond donors (Lipinski definition) is 2. The highest BCUT2D eigenvalue weighted by Crippen LogP contribution is 2.37. The van der Waals surface area contributed by atoms with Crippen LogP contribution in [0, 0.1) is 6.92 Å². The number of nitrogens with zero attached hydrogens (tertiary/aromatic N) is 7. The molecule has 0 saturated carbocycles. The monoisotopic (exact) mass is 413 g/mol. The average molecular weight is 413 g/mol. The Balaban J connectivity index is 1.51. The van der Waals surface area contributed by atoms with Crippen molar-refractivity contribution in [2.45, 2.75) is 37.7 Å². The van der Waals surface area contributed by atoms with E-state index in [1.165, 1.54) is 6.33 Å². The lowest BCUT2D eigenvalue weighted by atomic mass is 9.95. The molecule has 0 radical (unpaired) electrons. The first-order valence-electron chi connectivity index (χ1n) is 9.21. The van der Waals surface area contributed by atoms with Gasteiger partial charge in [-0.15, -0.1) is 16.4 Å². The minimum Gasteiger partial charge on any atom is -0.394 e. The van der Waals surface area contributed by atoms with Crippen LogP contribution in [0.2, 0.25) is 0 Å². The molecular formula is C18H19N7O3S. The van der Waals surface area contributed by atoms with Gasteiger partial charge in [-0.2, -0.15) is 5.10 Å². The molecule has 29 heavy (non-hydrogen) atoms. The molecule has 3 aromatic heterocycles. The first-order valence-corrected chi connectivity index (χ1v) is 10.0. The van der Waals surface area contributed by atoms with Crippen molar-refractivity contribution >= 4 is 21.6 Å². The van der Waals surface area contributed by atoms with Gasteiger partial charge >= 0.3 is 0 Å². The summed E-state index contributed by atoms with van der Waals surface area (Å²) in [6.07, 6.45) is 2.98. The number of benzene rings is 1. The van der Waals surface area contributed by atoms with Crippen LogP contribution in [0.25, 0.3) is 15.9 Å². The summed E-state index contributed by atoms with van der Waals surface area (Å²) in [5, 5.41) is 33.5. The van der Waals surface area contributed by atoms with Gasteiger partial charge in [0.25, 0.3) is 0 Å². The van der Waals surface area contributed by atoms with Crippen molar-refractivity contribution in [3.05, 3.63) is 47.8 Å². The van der Waals surface area contributed by atoms with E-state index in [1.807, 2.05) is 25.1 Å². The zero-order valence-electron chi connectivity index (χ0n) is 15.5. The summed E-state index contributed by atoms with van der Waals surface area (Å²) in [6, 6.07) is 5.52. The number of aryl methyl sites for hydroxylation is 1. The summed E-state index contributed by atoms with van der Waals surface area (Å²) in [4.78, 5) is 8.91. The highest BCUT2D eigenvalue weighted by Gasteiger charge is 2.41. The molecule has 4 aromatic rings. The normalized spacial score (nSPS) is 24.9. The molecule has 1 aromatic carbocycles. The Labute approximate surface area is 169 Å². The Hall–Kier alpha value is -2.73. The zero-order valence-corrected chi connectivity index (χ0v) is 16.3. The summed E-state index contributed by atoms with van der Waals surface area (Å²) in [5.41, 5.74) is 1.79. The molecule has 4 unspecified atom stereocenters. The number of aromatic nitrogens is 7. The molecular weight excluding hydrogens is 394 g/mol. The maximum absolute atomic E-state index is 10.6. The lowest BCUT2D eigenvalue weighted by Gasteiger charge is -2.38. The van der Waals surface area contributed by atoms with Crippen LogP contribution in [0.5, 0.6) is 0 Å². The van der Waals surface area contributed by atoms with E-state index in [1.54, 1.807) is 33.1 Å². The van der Waals surface area contributed by atoms with Crippen molar-refractivity contribution in [3.63, 3.8) is 0 Å². The lowest BCUT2D eigenvalue weighted by molar-refractivity contribution is -0.161. The Morgan fingerprint density at radius 1 is 1.34 bits per heavy atom. The maximum atomic E-state index is 10.6. The molecule has 150 valence electrons. The van der Waals surface area contributed by atoms with Gasteiger partial charge in [0.05, 0.1) is 39.8 Å². The fraction of sp³-hybridized carbons (Fsp3) is 0.389. The zero-order chi connectivity index (χ0) is 20.0. The topological polar surface area (TPSA) is 124 Å². The van der Waals surface area contributed by atoms with Crippen molar-refractivity contribution in [1.82, 2.24) is 34.7 Å². The van der Waals surface area contributed by atoms with Crippen LogP contribution >= 0.6 is 11.3 Å². The van der Waals surface area contributed by atoms with Gasteiger partial charge in [-0.25, -0.2) is 19.3 Å². The number of hydrogen-bond acceptors (Lipinski definition) is 9. The molecule has 4 atom stereocenters. The SMILES string of the molecule is Cc1nc2ccc(-n3ncnc3C3CC(n4ccnn4)C(O)C(CO)O3)cc2s1. The van der Waals surface area contributed by atoms with Gasteiger partial charge < -0.3 is 14.9 Å². The first kappa shape index (κ1) is 18.3.